The van der Waals surface area contributed by atoms with Gasteiger partial charge in [-0.2, -0.15) is 0 Å². The van der Waals surface area contributed by atoms with Crippen molar-refractivity contribution in [3.8, 4) is 0 Å². The van der Waals surface area contributed by atoms with Crippen LogP contribution < -0.4 is 5.32 Å². The standard InChI is InChI=1S/C13H23NO4/c1-9(10(2)12(16)17)11(15)14-8-13(3,4)6-7-18-5/h6-8H2,1-5H3,(H,14,15)(H,16,17). The van der Waals surface area contributed by atoms with Gasteiger partial charge in [0.05, 0.1) is 0 Å². The van der Waals surface area contributed by atoms with E-state index in [2.05, 4.69) is 5.32 Å². The Kier molecular flexibility index (Phi) is 6.62. The first-order chi connectivity index (χ1) is 8.21. The highest BCUT2D eigenvalue weighted by atomic mass is 16.5. The second kappa shape index (κ2) is 7.16. The van der Waals surface area contributed by atoms with Crippen LogP contribution in [0.1, 0.15) is 34.1 Å². The number of carboxylic acids is 1. The molecule has 0 aromatic carbocycles. The smallest absolute Gasteiger partial charge is 0.331 e. The van der Waals surface area contributed by atoms with Gasteiger partial charge in [0.15, 0.2) is 0 Å². The lowest BCUT2D eigenvalue weighted by Crippen LogP contribution is -2.35. The molecule has 0 aliphatic rings. The predicted octanol–water partition coefficient (Wildman–Crippen LogP) is 1.59. The molecule has 0 radical (unpaired) electrons. The largest absolute Gasteiger partial charge is 0.478 e. The van der Waals surface area contributed by atoms with Gasteiger partial charge in [0, 0.05) is 31.4 Å². The average Bonchev–Trinajstić information content (AvgIpc) is 2.31. The molecule has 0 aromatic rings. The van der Waals surface area contributed by atoms with Crippen molar-refractivity contribution < 1.29 is 19.4 Å². The Morgan fingerprint density at radius 3 is 2.22 bits per heavy atom. The van der Waals surface area contributed by atoms with Crippen LogP contribution in [-0.4, -0.2) is 37.2 Å². The van der Waals surface area contributed by atoms with Crippen molar-refractivity contribution in [1.82, 2.24) is 5.32 Å². The van der Waals surface area contributed by atoms with Crippen LogP contribution in [0.3, 0.4) is 0 Å². The lowest BCUT2D eigenvalue weighted by Gasteiger charge is -2.24. The fourth-order valence-electron chi connectivity index (χ4n) is 1.25. The number of carbonyl (C=O) groups is 2. The van der Waals surface area contributed by atoms with E-state index >= 15 is 0 Å². The van der Waals surface area contributed by atoms with Gasteiger partial charge in [-0.25, -0.2) is 4.79 Å². The average molecular weight is 257 g/mol. The molecule has 0 spiro atoms. The van der Waals surface area contributed by atoms with E-state index in [1.54, 1.807) is 7.11 Å². The number of nitrogens with one attached hydrogen (secondary N) is 1. The van der Waals surface area contributed by atoms with Crippen LogP contribution in [0.4, 0.5) is 0 Å². The second-order valence-electron chi connectivity index (χ2n) is 5.14. The highest BCUT2D eigenvalue weighted by Gasteiger charge is 2.20. The quantitative estimate of drug-likeness (QED) is 0.679. The van der Waals surface area contributed by atoms with Gasteiger partial charge in [0.25, 0.3) is 0 Å². The van der Waals surface area contributed by atoms with E-state index in [0.29, 0.717) is 13.2 Å². The number of carboxylic acid groups (broad SMARTS) is 1. The van der Waals surface area contributed by atoms with Crippen LogP contribution in [0.15, 0.2) is 11.1 Å². The Morgan fingerprint density at radius 2 is 1.78 bits per heavy atom. The summed E-state index contributed by atoms with van der Waals surface area (Å²) >= 11 is 0. The molecule has 0 saturated heterocycles. The van der Waals surface area contributed by atoms with Crippen molar-refractivity contribution in [3.05, 3.63) is 11.1 Å². The number of carbonyl (C=O) groups excluding carboxylic acids is 1. The molecule has 0 fully saturated rings. The maximum atomic E-state index is 11.7. The summed E-state index contributed by atoms with van der Waals surface area (Å²) in [4.78, 5) is 22.5. The lowest BCUT2D eigenvalue weighted by atomic mass is 9.89. The van der Waals surface area contributed by atoms with E-state index in [4.69, 9.17) is 9.84 Å². The maximum absolute atomic E-state index is 11.7. The first kappa shape index (κ1) is 16.6. The molecule has 0 atom stereocenters. The summed E-state index contributed by atoms with van der Waals surface area (Å²) in [6.07, 6.45) is 0.824. The highest BCUT2D eigenvalue weighted by Crippen LogP contribution is 2.19. The number of hydrogen-bond donors (Lipinski definition) is 2. The summed E-state index contributed by atoms with van der Waals surface area (Å²) in [7, 11) is 1.64. The third-order valence-electron chi connectivity index (χ3n) is 2.93. The monoisotopic (exact) mass is 257 g/mol. The van der Waals surface area contributed by atoms with Crippen molar-refractivity contribution in [3.63, 3.8) is 0 Å². The predicted molar refractivity (Wildman–Crippen MR) is 69.3 cm³/mol. The summed E-state index contributed by atoms with van der Waals surface area (Å²) in [6.45, 7) is 8.10. The van der Waals surface area contributed by atoms with Crippen LogP contribution in [-0.2, 0) is 14.3 Å². The number of methoxy groups -OCH3 is 1. The first-order valence-corrected chi connectivity index (χ1v) is 5.89. The zero-order valence-electron chi connectivity index (χ0n) is 11.8. The summed E-state index contributed by atoms with van der Waals surface area (Å²) in [5.74, 6) is -1.40. The lowest BCUT2D eigenvalue weighted by molar-refractivity contribution is -0.133. The van der Waals surface area contributed by atoms with Crippen LogP contribution in [0.2, 0.25) is 0 Å². The fraction of sp³-hybridized carbons (Fsp3) is 0.692. The molecule has 0 saturated carbocycles. The van der Waals surface area contributed by atoms with Crippen LogP contribution in [0.25, 0.3) is 0 Å². The molecule has 0 heterocycles. The van der Waals surface area contributed by atoms with Crippen molar-refractivity contribution >= 4 is 11.9 Å². The zero-order valence-corrected chi connectivity index (χ0v) is 11.8. The number of hydrogen-bond acceptors (Lipinski definition) is 3. The molecule has 0 unspecified atom stereocenters. The molecule has 5 nitrogen and oxygen atoms in total. The van der Waals surface area contributed by atoms with Crippen LogP contribution in [0.5, 0.6) is 0 Å². The molecule has 0 rings (SSSR count). The molecular weight excluding hydrogens is 234 g/mol. The SMILES string of the molecule is COCCC(C)(C)CNC(=O)C(C)=C(C)C(=O)O. The summed E-state index contributed by atoms with van der Waals surface area (Å²) in [5.41, 5.74) is 0.232. The van der Waals surface area contributed by atoms with Crippen molar-refractivity contribution in [1.29, 1.82) is 0 Å². The minimum atomic E-state index is -1.07. The van der Waals surface area contributed by atoms with Crippen molar-refractivity contribution in [2.24, 2.45) is 5.41 Å². The topological polar surface area (TPSA) is 75.6 Å². The van der Waals surface area contributed by atoms with E-state index < -0.39 is 5.97 Å². The van der Waals surface area contributed by atoms with Gasteiger partial charge in [-0.05, 0) is 25.7 Å². The Bertz CT molecular complexity index is 345. The van der Waals surface area contributed by atoms with Gasteiger partial charge in [-0.15, -0.1) is 0 Å². The van der Waals surface area contributed by atoms with Crippen LogP contribution in [0, 0.1) is 5.41 Å². The molecule has 0 aromatic heterocycles. The van der Waals surface area contributed by atoms with Crippen molar-refractivity contribution in [2.45, 2.75) is 34.1 Å². The molecule has 2 N–H and O–H groups in total. The Balaban J connectivity index is 4.43. The van der Waals surface area contributed by atoms with E-state index in [0.717, 1.165) is 6.42 Å². The fourth-order valence-corrected chi connectivity index (χ4v) is 1.25. The highest BCUT2D eigenvalue weighted by molar-refractivity contribution is 6.01. The van der Waals surface area contributed by atoms with Gasteiger partial charge in [-0.1, -0.05) is 13.8 Å². The molecule has 1 amide bonds. The zero-order chi connectivity index (χ0) is 14.3. The number of amides is 1. The van der Waals surface area contributed by atoms with Gasteiger partial charge in [-0.3, -0.25) is 4.79 Å². The number of rotatable bonds is 7. The summed E-state index contributed by atoms with van der Waals surface area (Å²) in [5, 5.41) is 11.5. The summed E-state index contributed by atoms with van der Waals surface area (Å²) in [6, 6.07) is 0. The third-order valence-corrected chi connectivity index (χ3v) is 2.93. The molecule has 104 valence electrons. The van der Waals surface area contributed by atoms with Gasteiger partial charge < -0.3 is 15.2 Å². The molecule has 18 heavy (non-hydrogen) atoms. The van der Waals surface area contributed by atoms with Crippen molar-refractivity contribution in [2.75, 3.05) is 20.3 Å². The van der Waals surface area contributed by atoms with Gasteiger partial charge >= 0.3 is 5.97 Å². The van der Waals surface area contributed by atoms with E-state index in [1.807, 2.05) is 13.8 Å². The minimum absolute atomic E-state index is 0.0715. The van der Waals surface area contributed by atoms with E-state index in [-0.39, 0.29) is 22.5 Å². The first-order valence-electron chi connectivity index (χ1n) is 5.89. The van der Waals surface area contributed by atoms with Crippen LogP contribution >= 0.6 is 0 Å². The molecule has 0 aliphatic carbocycles. The third kappa shape index (κ3) is 5.82. The normalized spacial score (nSPS) is 12.9. The maximum Gasteiger partial charge on any atom is 0.331 e. The second-order valence-corrected chi connectivity index (χ2v) is 5.14. The van der Waals surface area contributed by atoms with E-state index in [9.17, 15) is 9.59 Å². The minimum Gasteiger partial charge on any atom is -0.478 e. The van der Waals surface area contributed by atoms with Gasteiger partial charge in [0.1, 0.15) is 0 Å². The molecule has 5 heteroatoms. The number of ether oxygens (including phenoxy) is 1. The Labute approximate surface area is 108 Å². The molecule has 0 bridgehead atoms. The number of aliphatic carboxylic acids is 1. The molecule has 0 aliphatic heterocycles. The van der Waals surface area contributed by atoms with Gasteiger partial charge in [0.2, 0.25) is 5.91 Å². The summed E-state index contributed by atoms with van der Waals surface area (Å²) < 4.78 is 5.00. The Hall–Kier alpha value is -1.36. The van der Waals surface area contributed by atoms with E-state index in [1.165, 1.54) is 13.8 Å². The molecular formula is C13H23NO4. The Morgan fingerprint density at radius 1 is 1.22 bits per heavy atom.